The van der Waals surface area contributed by atoms with E-state index in [0.717, 1.165) is 0 Å². The van der Waals surface area contributed by atoms with E-state index in [-0.39, 0.29) is 5.91 Å². The van der Waals surface area contributed by atoms with Gasteiger partial charge in [-0.25, -0.2) is 9.09 Å². The number of aromatic nitrogens is 1. The summed E-state index contributed by atoms with van der Waals surface area (Å²) in [5.74, 6) is -0.0553. The van der Waals surface area contributed by atoms with E-state index in [4.69, 9.17) is 0 Å². The summed E-state index contributed by atoms with van der Waals surface area (Å²) in [5.41, 5.74) is 0.617. The van der Waals surface area contributed by atoms with Crippen molar-refractivity contribution < 1.29 is 4.79 Å². The first-order valence-electron chi connectivity index (χ1n) is 3.21. The van der Waals surface area contributed by atoms with Gasteiger partial charge in [-0.05, 0) is 24.9 Å². The molecule has 0 bridgehead atoms. The lowest BCUT2D eigenvalue weighted by atomic mass is 10.4. The molecule has 5 heteroatoms. The van der Waals surface area contributed by atoms with E-state index < -0.39 is 0 Å². The van der Waals surface area contributed by atoms with E-state index in [1.54, 1.807) is 21.4 Å². The topological polar surface area (TPSA) is 37.3 Å². The zero-order valence-corrected chi connectivity index (χ0v) is 6.58. The second kappa shape index (κ2) is 2.20. The first-order valence-corrected chi connectivity index (χ1v) is 3.61. The minimum absolute atomic E-state index is 0.0553. The molecule has 2 heterocycles. The van der Waals surface area contributed by atoms with Crippen LogP contribution in [0.15, 0.2) is 18.3 Å². The Hall–Kier alpha value is -1.10. The van der Waals surface area contributed by atoms with E-state index in [0.29, 0.717) is 12.4 Å². The molecule has 1 aromatic heterocycles. The van der Waals surface area contributed by atoms with Gasteiger partial charge in [-0.1, -0.05) is 0 Å². The van der Waals surface area contributed by atoms with E-state index in [2.05, 4.69) is 18.1 Å². The number of fused-ring (bicyclic) bond motifs is 1. The van der Waals surface area contributed by atoms with E-state index in [9.17, 15) is 4.79 Å². The highest BCUT2D eigenvalue weighted by molar-refractivity contribution is 7.81. The van der Waals surface area contributed by atoms with Crippen molar-refractivity contribution in [2.75, 3.05) is 11.1 Å². The molecule has 1 N–H and O–H groups in total. The van der Waals surface area contributed by atoms with Gasteiger partial charge in [-0.15, -0.1) is 0 Å². The highest BCUT2D eigenvalue weighted by Crippen LogP contribution is 2.08. The lowest BCUT2D eigenvalue weighted by Gasteiger charge is -2.26. The van der Waals surface area contributed by atoms with Gasteiger partial charge in [0.1, 0.15) is 12.4 Å². The Morgan fingerprint density at radius 1 is 1.64 bits per heavy atom. The molecule has 0 saturated heterocycles. The Morgan fingerprint density at radius 3 is 3.18 bits per heavy atom. The molecule has 11 heavy (non-hydrogen) atoms. The van der Waals surface area contributed by atoms with Crippen molar-refractivity contribution in [1.29, 1.82) is 0 Å². The first kappa shape index (κ1) is 6.60. The van der Waals surface area contributed by atoms with Crippen molar-refractivity contribution >= 4 is 18.7 Å². The number of amides is 1. The minimum atomic E-state index is -0.0553. The van der Waals surface area contributed by atoms with Crippen molar-refractivity contribution in [3.63, 3.8) is 0 Å². The second-order valence-corrected chi connectivity index (χ2v) is 2.74. The summed E-state index contributed by atoms with van der Waals surface area (Å²) in [6.07, 6.45) is 1.79. The van der Waals surface area contributed by atoms with Crippen molar-refractivity contribution in [3.8, 4) is 0 Å². The number of thiol groups is 1. The Kier molecular flexibility index (Phi) is 1.32. The van der Waals surface area contributed by atoms with Crippen LogP contribution in [-0.2, 0) is 0 Å². The van der Waals surface area contributed by atoms with Crippen molar-refractivity contribution in [2.45, 2.75) is 0 Å². The lowest BCUT2D eigenvalue weighted by molar-refractivity contribution is 0.0932. The molecular formula is C6H7N3OS. The predicted octanol–water partition coefficient (Wildman–Crippen LogP) is -0.0282. The molecule has 1 aliphatic rings. The summed E-state index contributed by atoms with van der Waals surface area (Å²) in [7, 11) is 0. The van der Waals surface area contributed by atoms with Crippen LogP contribution in [0.5, 0.6) is 0 Å². The fourth-order valence-electron chi connectivity index (χ4n) is 1.06. The summed E-state index contributed by atoms with van der Waals surface area (Å²) in [6, 6.07) is 3.56. The van der Waals surface area contributed by atoms with E-state index in [1.165, 1.54) is 0 Å². The Balaban J connectivity index is 2.51. The molecule has 1 aromatic rings. The van der Waals surface area contributed by atoms with Crippen LogP contribution < -0.4 is 9.73 Å². The molecule has 0 fully saturated rings. The number of rotatable bonds is 0. The van der Waals surface area contributed by atoms with Gasteiger partial charge in [0.2, 0.25) is 0 Å². The standard InChI is InChI=1S/C6H7N3OS/c10-6-5-2-1-3-8(5)9(11)4-7-6/h1-3,11H,4H2,(H,7,10). The number of nitrogens with one attached hydrogen (secondary N) is 1. The van der Waals surface area contributed by atoms with E-state index >= 15 is 0 Å². The van der Waals surface area contributed by atoms with Crippen LogP contribution in [0.4, 0.5) is 0 Å². The van der Waals surface area contributed by atoms with Gasteiger partial charge in [0.25, 0.3) is 5.91 Å². The molecule has 0 unspecified atom stereocenters. The number of hydrogen-bond donors (Lipinski definition) is 2. The summed E-state index contributed by atoms with van der Waals surface area (Å²) in [4.78, 5) is 11.1. The normalized spacial score (nSPS) is 16.1. The molecule has 0 atom stereocenters. The number of carbonyl (C=O) groups is 1. The number of carbonyl (C=O) groups excluding carboxylic acids is 1. The number of nitrogens with zero attached hydrogens (tertiary/aromatic N) is 2. The van der Waals surface area contributed by atoms with Crippen LogP contribution in [0.3, 0.4) is 0 Å². The largest absolute Gasteiger partial charge is 0.331 e. The van der Waals surface area contributed by atoms with Crippen LogP contribution in [0.1, 0.15) is 10.5 Å². The molecule has 2 rings (SSSR count). The van der Waals surface area contributed by atoms with Crippen LogP contribution in [0.25, 0.3) is 0 Å². The molecule has 0 saturated carbocycles. The molecule has 0 spiro atoms. The van der Waals surface area contributed by atoms with E-state index in [1.807, 2.05) is 6.07 Å². The minimum Gasteiger partial charge on any atom is -0.331 e. The average Bonchev–Trinajstić information content (AvgIpc) is 2.45. The highest BCUT2D eigenvalue weighted by atomic mass is 32.1. The first-order chi connectivity index (χ1) is 5.29. The quantitative estimate of drug-likeness (QED) is 0.535. The van der Waals surface area contributed by atoms with Gasteiger partial charge < -0.3 is 5.32 Å². The Labute approximate surface area is 69.3 Å². The molecular weight excluding hydrogens is 162 g/mol. The predicted molar refractivity (Wildman–Crippen MR) is 44.0 cm³/mol. The SMILES string of the molecule is O=C1NCN(S)n2cccc21. The fourth-order valence-corrected chi connectivity index (χ4v) is 1.29. The number of hydrogen-bond acceptors (Lipinski definition) is 3. The second-order valence-electron chi connectivity index (χ2n) is 2.27. The summed E-state index contributed by atoms with van der Waals surface area (Å²) < 4.78 is 3.32. The molecule has 4 nitrogen and oxygen atoms in total. The third-order valence-corrected chi connectivity index (χ3v) is 1.92. The van der Waals surface area contributed by atoms with Gasteiger partial charge in [-0.3, -0.25) is 4.79 Å². The summed E-state index contributed by atoms with van der Waals surface area (Å²) in [5, 5.41) is 2.66. The smallest absolute Gasteiger partial charge is 0.271 e. The van der Waals surface area contributed by atoms with Gasteiger partial charge in [-0.2, -0.15) is 0 Å². The molecule has 0 aliphatic carbocycles. The summed E-state index contributed by atoms with van der Waals surface area (Å²) in [6.45, 7) is 0.434. The molecule has 58 valence electrons. The van der Waals surface area contributed by atoms with Gasteiger partial charge in [0.05, 0.1) is 0 Å². The van der Waals surface area contributed by atoms with Crippen molar-refractivity contribution in [1.82, 2.24) is 9.99 Å². The van der Waals surface area contributed by atoms with Crippen LogP contribution in [0, 0.1) is 0 Å². The maximum Gasteiger partial charge on any atom is 0.271 e. The average molecular weight is 169 g/mol. The zero-order valence-electron chi connectivity index (χ0n) is 5.69. The van der Waals surface area contributed by atoms with Crippen molar-refractivity contribution in [3.05, 3.63) is 24.0 Å². The van der Waals surface area contributed by atoms with Crippen molar-refractivity contribution in [2.24, 2.45) is 0 Å². The van der Waals surface area contributed by atoms with Crippen LogP contribution >= 0.6 is 12.8 Å². The van der Waals surface area contributed by atoms with Gasteiger partial charge in [0, 0.05) is 6.20 Å². The van der Waals surface area contributed by atoms with Crippen LogP contribution in [0.2, 0.25) is 0 Å². The Bertz CT molecular complexity index is 296. The molecule has 0 aromatic carbocycles. The van der Waals surface area contributed by atoms with Gasteiger partial charge in [0.15, 0.2) is 0 Å². The summed E-state index contributed by atoms with van der Waals surface area (Å²) >= 11 is 4.13. The maximum atomic E-state index is 11.1. The molecule has 0 radical (unpaired) electrons. The molecule has 1 aliphatic heterocycles. The van der Waals surface area contributed by atoms with Gasteiger partial charge >= 0.3 is 0 Å². The Morgan fingerprint density at radius 2 is 2.45 bits per heavy atom. The zero-order chi connectivity index (χ0) is 7.84. The highest BCUT2D eigenvalue weighted by Gasteiger charge is 2.18. The molecule has 1 amide bonds. The van der Waals surface area contributed by atoms with Crippen LogP contribution in [-0.4, -0.2) is 17.3 Å². The third kappa shape index (κ3) is 0.883. The third-order valence-electron chi connectivity index (χ3n) is 1.59. The fraction of sp³-hybridized carbons (Fsp3) is 0.167. The maximum absolute atomic E-state index is 11.1. The lowest BCUT2D eigenvalue weighted by Crippen LogP contribution is -2.45. The monoisotopic (exact) mass is 169 g/mol.